The van der Waals surface area contributed by atoms with Gasteiger partial charge >= 0.3 is 5.97 Å². The average molecular weight is 537 g/mol. The minimum Gasteiger partial charge on any atom is -0.481 e. The molecule has 5 rings (SSSR count). The first-order chi connectivity index (χ1) is 19.5. The summed E-state index contributed by atoms with van der Waals surface area (Å²) in [5.41, 5.74) is 7.88. The molecule has 1 aromatic heterocycles. The molecule has 5 aromatic rings. The zero-order valence-electron chi connectivity index (χ0n) is 22.6. The highest BCUT2D eigenvalue weighted by molar-refractivity contribution is 6.04. The molecule has 0 saturated carbocycles. The summed E-state index contributed by atoms with van der Waals surface area (Å²) in [6.07, 6.45) is 0.0783. The number of ether oxygens (including phenoxy) is 1. The number of hydrogen-bond acceptors (Lipinski definition) is 3. The normalized spacial score (nSPS) is 11.2. The van der Waals surface area contributed by atoms with Crippen LogP contribution in [0.25, 0.3) is 33.3 Å². The number of para-hydroxylation sites is 1. The lowest BCUT2D eigenvalue weighted by molar-refractivity contribution is -0.136. The molecule has 0 spiro atoms. The Hall–Kier alpha value is -4.42. The summed E-state index contributed by atoms with van der Waals surface area (Å²) in [5, 5.41) is 13.4. The van der Waals surface area contributed by atoms with Crippen LogP contribution in [-0.4, -0.2) is 28.9 Å². The number of hydrogen-bond donors (Lipinski definition) is 2. The van der Waals surface area contributed by atoms with E-state index in [1.54, 1.807) is 12.1 Å². The fourth-order valence-corrected chi connectivity index (χ4v) is 5.17. The topological polar surface area (TPSA) is 63.5 Å². The van der Waals surface area contributed by atoms with E-state index in [-0.39, 0.29) is 12.8 Å². The number of rotatable bonds is 12. The van der Waals surface area contributed by atoms with Crippen molar-refractivity contribution in [3.63, 3.8) is 0 Å². The van der Waals surface area contributed by atoms with Crippen LogP contribution in [0.15, 0.2) is 97.1 Å². The van der Waals surface area contributed by atoms with Gasteiger partial charge in [-0.05, 0) is 59.9 Å². The molecule has 1 heterocycles. The first-order valence-corrected chi connectivity index (χ1v) is 13.6. The van der Waals surface area contributed by atoms with E-state index in [4.69, 9.17) is 9.84 Å². The van der Waals surface area contributed by atoms with Crippen molar-refractivity contribution in [3.8, 4) is 22.4 Å². The summed E-state index contributed by atoms with van der Waals surface area (Å²) in [7, 11) is 0. The van der Waals surface area contributed by atoms with Crippen molar-refractivity contribution in [1.29, 1.82) is 0 Å². The van der Waals surface area contributed by atoms with E-state index in [0.29, 0.717) is 31.0 Å². The predicted octanol–water partition coefficient (Wildman–Crippen LogP) is 7.78. The van der Waals surface area contributed by atoms with E-state index in [1.165, 1.54) is 17.0 Å². The fourth-order valence-electron chi connectivity index (χ4n) is 5.17. The fraction of sp³-hybridized carbons (Fsp3) is 0.206. The van der Waals surface area contributed by atoms with E-state index in [1.807, 2.05) is 13.0 Å². The Labute approximate surface area is 233 Å². The predicted molar refractivity (Wildman–Crippen MR) is 159 cm³/mol. The summed E-state index contributed by atoms with van der Waals surface area (Å²) in [6.45, 7) is 4.58. The molecule has 2 N–H and O–H groups in total. The van der Waals surface area contributed by atoms with Crippen LogP contribution in [0, 0.1) is 5.82 Å². The number of nitrogens with one attached hydrogen (secondary N) is 1. The lowest BCUT2D eigenvalue weighted by Crippen LogP contribution is -2.07. The molecule has 0 fully saturated rings. The zero-order chi connectivity index (χ0) is 27.9. The summed E-state index contributed by atoms with van der Waals surface area (Å²) < 4.78 is 22.6. The van der Waals surface area contributed by atoms with Crippen molar-refractivity contribution in [2.24, 2.45) is 0 Å². The third-order valence-corrected chi connectivity index (χ3v) is 7.06. The van der Waals surface area contributed by atoms with Gasteiger partial charge in [-0.2, -0.15) is 0 Å². The van der Waals surface area contributed by atoms with Crippen LogP contribution in [0.5, 0.6) is 0 Å². The number of carbonyl (C=O) groups is 1. The second-order valence-corrected chi connectivity index (χ2v) is 9.71. The van der Waals surface area contributed by atoms with Crippen LogP contribution >= 0.6 is 0 Å². The smallest absolute Gasteiger partial charge is 0.303 e. The number of carboxylic acids is 1. The van der Waals surface area contributed by atoms with Gasteiger partial charge in [0.2, 0.25) is 0 Å². The standard InChI is InChI=1S/C34H33FN2O3/c1-2-40-20-19-37-31-14-7-6-13-29(31)33(34(37)26-10-4-3-5-11-26)27-12-8-9-24(21-27)23-36-28-17-15-25(30(35)22-28)16-18-32(38)39/h3-15,17,21-22,36H,2,16,18-20,23H2,1H3,(H,38,39). The van der Waals surface area contributed by atoms with Gasteiger partial charge in [0.1, 0.15) is 5.82 Å². The molecule has 0 unspecified atom stereocenters. The number of fused-ring (bicyclic) bond motifs is 1. The van der Waals surface area contributed by atoms with Gasteiger partial charge in [-0.3, -0.25) is 4.79 Å². The van der Waals surface area contributed by atoms with E-state index < -0.39 is 11.8 Å². The van der Waals surface area contributed by atoms with Crippen molar-refractivity contribution in [3.05, 3.63) is 114 Å². The SMILES string of the molecule is CCOCCn1c(-c2ccccc2)c(-c2cccc(CNc3ccc(CCC(=O)O)c(F)c3)c2)c2ccccc21. The van der Waals surface area contributed by atoms with Gasteiger partial charge in [-0.25, -0.2) is 4.39 Å². The lowest BCUT2D eigenvalue weighted by atomic mass is 9.97. The second-order valence-electron chi connectivity index (χ2n) is 9.71. The highest BCUT2D eigenvalue weighted by atomic mass is 19.1. The van der Waals surface area contributed by atoms with Gasteiger partial charge in [0.15, 0.2) is 0 Å². The number of aromatic nitrogens is 1. The molecule has 0 bridgehead atoms. The molecule has 0 radical (unpaired) electrons. The first kappa shape index (κ1) is 27.2. The van der Waals surface area contributed by atoms with E-state index >= 15 is 0 Å². The zero-order valence-corrected chi connectivity index (χ0v) is 22.6. The first-order valence-electron chi connectivity index (χ1n) is 13.6. The molecule has 0 aliphatic rings. The van der Waals surface area contributed by atoms with E-state index in [0.717, 1.165) is 34.4 Å². The molecule has 6 heteroatoms. The maximum Gasteiger partial charge on any atom is 0.303 e. The Morgan fingerprint density at radius 3 is 2.48 bits per heavy atom. The van der Waals surface area contributed by atoms with Crippen LogP contribution in [0.2, 0.25) is 0 Å². The monoisotopic (exact) mass is 536 g/mol. The molecule has 204 valence electrons. The molecule has 4 aromatic carbocycles. The van der Waals surface area contributed by atoms with Crippen molar-refractivity contribution in [2.75, 3.05) is 18.5 Å². The highest BCUT2D eigenvalue weighted by Crippen LogP contribution is 2.41. The molecule has 0 aliphatic heterocycles. The third-order valence-electron chi connectivity index (χ3n) is 7.06. The van der Waals surface area contributed by atoms with Crippen LogP contribution in [-0.2, 0) is 29.0 Å². The second kappa shape index (κ2) is 12.6. The number of carboxylic acid groups (broad SMARTS) is 1. The Morgan fingerprint density at radius 2 is 1.70 bits per heavy atom. The molecule has 5 nitrogen and oxygen atoms in total. The van der Waals surface area contributed by atoms with Gasteiger partial charge in [0, 0.05) is 48.3 Å². The van der Waals surface area contributed by atoms with E-state index in [9.17, 15) is 9.18 Å². The van der Waals surface area contributed by atoms with Crippen molar-refractivity contribution in [2.45, 2.75) is 32.9 Å². The molecular weight excluding hydrogens is 503 g/mol. The number of nitrogens with zero attached hydrogens (tertiary/aromatic N) is 1. The molecule has 0 aliphatic carbocycles. The van der Waals surface area contributed by atoms with Crippen LogP contribution in [0.4, 0.5) is 10.1 Å². The van der Waals surface area contributed by atoms with Gasteiger partial charge in [-0.1, -0.05) is 72.8 Å². The quantitative estimate of drug-likeness (QED) is 0.160. The minimum atomic E-state index is -0.936. The maximum absolute atomic E-state index is 14.5. The summed E-state index contributed by atoms with van der Waals surface area (Å²) in [5.74, 6) is -1.33. The Morgan fingerprint density at radius 1 is 0.925 bits per heavy atom. The number of anilines is 1. The minimum absolute atomic E-state index is 0.0938. The molecule has 0 atom stereocenters. The van der Waals surface area contributed by atoms with Crippen molar-refractivity contribution in [1.82, 2.24) is 4.57 Å². The van der Waals surface area contributed by atoms with Crippen LogP contribution in [0.1, 0.15) is 24.5 Å². The highest BCUT2D eigenvalue weighted by Gasteiger charge is 2.20. The average Bonchev–Trinajstić information content (AvgIpc) is 3.30. The molecule has 40 heavy (non-hydrogen) atoms. The number of aryl methyl sites for hydroxylation is 1. The largest absolute Gasteiger partial charge is 0.481 e. The lowest BCUT2D eigenvalue weighted by Gasteiger charge is -2.14. The Kier molecular flexibility index (Phi) is 8.57. The Balaban J connectivity index is 1.48. The number of benzene rings is 4. The maximum atomic E-state index is 14.5. The van der Waals surface area contributed by atoms with Crippen molar-refractivity contribution < 1.29 is 19.0 Å². The summed E-state index contributed by atoms with van der Waals surface area (Å²) in [4.78, 5) is 10.8. The number of aliphatic carboxylic acids is 1. The van der Waals surface area contributed by atoms with Gasteiger partial charge in [-0.15, -0.1) is 0 Å². The van der Waals surface area contributed by atoms with Crippen molar-refractivity contribution >= 4 is 22.6 Å². The number of halogens is 1. The molecule has 0 amide bonds. The molecule has 0 saturated heterocycles. The molecular formula is C34H33FN2O3. The van der Waals surface area contributed by atoms with Gasteiger partial charge < -0.3 is 19.7 Å². The van der Waals surface area contributed by atoms with Crippen LogP contribution < -0.4 is 5.32 Å². The third kappa shape index (κ3) is 6.08. The summed E-state index contributed by atoms with van der Waals surface area (Å²) in [6, 6.07) is 32.3. The van der Waals surface area contributed by atoms with Crippen LogP contribution in [0.3, 0.4) is 0 Å². The van der Waals surface area contributed by atoms with E-state index in [2.05, 4.69) is 82.7 Å². The summed E-state index contributed by atoms with van der Waals surface area (Å²) >= 11 is 0. The van der Waals surface area contributed by atoms with Gasteiger partial charge in [0.25, 0.3) is 0 Å². The Bertz CT molecular complexity index is 1610. The van der Waals surface area contributed by atoms with Gasteiger partial charge in [0.05, 0.1) is 12.3 Å².